The van der Waals surface area contributed by atoms with Gasteiger partial charge in [-0.1, -0.05) is 0 Å². The van der Waals surface area contributed by atoms with Crippen molar-refractivity contribution in [3.63, 3.8) is 0 Å². The number of ether oxygens (including phenoxy) is 1. The number of amides is 1. The van der Waals surface area contributed by atoms with Crippen molar-refractivity contribution in [1.82, 2.24) is 10.2 Å². The predicted octanol–water partition coefficient (Wildman–Crippen LogP) is 4.40. The smallest absolute Gasteiger partial charge is 0.256 e. The highest BCUT2D eigenvalue weighted by molar-refractivity contribution is 6.03. The van der Waals surface area contributed by atoms with Crippen LogP contribution in [0, 0.1) is 5.82 Å². The molecule has 3 aromatic rings. The van der Waals surface area contributed by atoms with Gasteiger partial charge < -0.3 is 15.4 Å². The Morgan fingerprint density at radius 2 is 1.56 bits per heavy atom. The second-order valence-corrected chi connectivity index (χ2v) is 6.08. The lowest BCUT2D eigenvalue weighted by Crippen LogP contribution is -2.13. The summed E-state index contributed by atoms with van der Waals surface area (Å²) < 4.78 is 18.5. The Morgan fingerprint density at radius 1 is 0.926 bits per heavy atom. The molecule has 1 aromatic heterocycles. The molecule has 0 spiro atoms. The van der Waals surface area contributed by atoms with Gasteiger partial charge in [0.1, 0.15) is 11.6 Å². The molecule has 27 heavy (non-hydrogen) atoms. The van der Waals surface area contributed by atoms with Crippen LogP contribution < -0.4 is 15.4 Å². The minimum Gasteiger partial charge on any atom is -0.491 e. The molecule has 0 atom stereocenters. The Balaban J connectivity index is 1.60. The van der Waals surface area contributed by atoms with Crippen molar-refractivity contribution in [2.24, 2.45) is 0 Å². The second-order valence-electron chi connectivity index (χ2n) is 6.08. The van der Waals surface area contributed by atoms with Gasteiger partial charge in [0, 0.05) is 11.3 Å². The van der Waals surface area contributed by atoms with Crippen LogP contribution in [0.3, 0.4) is 0 Å². The number of nitrogens with one attached hydrogen (secondary N) is 2. The summed E-state index contributed by atoms with van der Waals surface area (Å²) in [6.07, 6.45) is 0.118. The zero-order valence-corrected chi connectivity index (χ0v) is 14.9. The lowest BCUT2D eigenvalue weighted by atomic mass is 10.2. The van der Waals surface area contributed by atoms with E-state index in [0.29, 0.717) is 17.2 Å². The first-order chi connectivity index (χ1) is 13.0. The summed E-state index contributed by atoms with van der Waals surface area (Å²) in [5.41, 5.74) is 1.17. The van der Waals surface area contributed by atoms with Crippen LogP contribution in [0.1, 0.15) is 24.2 Å². The van der Waals surface area contributed by atoms with Crippen LogP contribution >= 0.6 is 0 Å². The quantitative estimate of drug-likeness (QED) is 0.676. The summed E-state index contributed by atoms with van der Waals surface area (Å²) in [7, 11) is 0. The number of aromatic nitrogens is 2. The Kier molecular flexibility index (Phi) is 5.61. The van der Waals surface area contributed by atoms with E-state index >= 15 is 0 Å². The molecule has 0 unspecified atom stereocenters. The molecule has 0 radical (unpaired) electrons. The highest BCUT2D eigenvalue weighted by atomic mass is 19.1. The highest BCUT2D eigenvalue weighted by Crippen LogP contribution is 2.20. The number of hydrogen-bond acceptors (Lipinski definition) is 5. The summed E-state index contributed by atoms with van der Waals surface area (Å²) in [6.45, 7) is 3.94. The molecule has 3 rings (SSSR count). The van der Waals surface area contributed by atoms with E-state index in [2.05, 4.69) is 20.8 Å². The van der Waals surface area contributed by atoms with E-state index in [9.17, 15) is 9.18 Å². The first-order valence-corrected chi connectivity index (χ1v) is 8.44. The van der Waals surface area contributed by atoms with Gasteiger partial charge in [0.15, 0.2) is 11.6 Å². The average Bonchev–Trinajstić information content (AvgIpc) is 2.65. The maximum atomic E-state index is 12.9. The van der Waals surface area contributed by atoms with E-state index in [4.69, 9.17) is 4.74 Å². The molecule has 1 amide bonds. The molecule has 2 aromatic carbocycles. The van der Waals surface area contributed by atoms with Crippen LogP contribution in [0.4, 0.5) is 21.7 Å². The lowest BCUT2D eigenvalue weighted by molar-refractivity contribution is 0.102. The zero-order valence-electron chi connectivity index (χ0n) is 14.9. The predicted molar refractivity (Wildman–Crippen MR) is 102 cm³/mol. The van der Waals surface area contributed by atoms with Crippen molar-refractivity contribution in [2.45, 2.75) is 20.0 Å². The van der Waals surface area contributed by atoms with Gasteiger partial charge in [-0.25, -0.2) is 4.39 Å². The van der Waals surface area contributed by atoms with Gasteiger partial charge in [-0.2, -0.15) is 0 Å². The third kappa shape index (κ3) is 5.24. The van der Waals surface area contributed by atoms with E-state index in [1.54, 1.807) is 12.1 Å². The summed E-state index contributed by atoms with van der Waals surface area (Å²) >= 11 is 0. The van der Waals surface area contributed by atoms with Crippen molar-refractivity contribution in [3.8, 4) is 5.75 Å². The van der Waals surface area contributed by atoms with Gasteiger partial charge in [0.25, 0.3) is 5.91 Å². The molecule has 0 aliphatic rings. The normalized spacial score (nSPS) is 10.5. The fraction of sp³-hybridized carbons (Fsp3) is 0.150. The van der Waals surface area contributed by atoms with Crippen molar-refractivity contribution in [2.75, 3.05) is 10.6 Å². The number of benzene rings is 2. The van der Waals surface area contributed by atoms with E-state index in [-0.39, 0.29) is 12.0 Å². The Morgan fingerprint density at radius 3 is 2.15 bits per heavy atom. The van der Waals surface area contributed by atoms with E-state index in [0.717, 1.165) is 11.4 Å². The lowest BCUT2D eigenvalue weighted by Gasteiger charge is -2.11. The highest BCUT2D eigenvalue weighted by Gasteiger charge is 2.07. The Bertz CT molecular complexity index is 895. The molecule has 6 nitrogen and oxygen atoms in total. The first kappa shape index (κ1) is 18.3. The second kappa shape index (κ2) is 8.27. The minimum atomic E-state index is -0.398. The van der Waals surface area contributed by atoms with Crippen LogP contribution in [0.25, 0.3) is 0 Å². The summed E-state index contributed by atoms with van der Waals surface area (Å²) in [6, 6.07) is 16.1. The summed E-state index contributed by atoms with van der Waals surface area (Å²) in [5, 5.41) is 13.7. The van der Waals surface area contributed by atoms with Crippen LogP contribution in [0.5, 0.6) is 5.75 Å². The van der Waals surface area contributed by atoms with Crippen LogP contribution in [-0.4, -0.2) is 22.2 Å². The molecule has 138 valence electrons. The van der Waals surface area contributed by atoms with Crippen LogP contribution in [0.2, 0.25) is 0 Å². The molecular formula is C20H19FN4O2. The van der Waals surface area contributed by atoms with Crippen molar-refractivity contribution in [1.29, 1.82) is 0 Å². The van der Waals surface area contributed by atoms with Gasteiger partial charge in [-0.05, 0) is 74.5 Å². The summed E-state index contributed by atoms with van der Waals surface area (Å²) in [5.74, 6) is 0.847. The molecule has 0 aliphatic carbocycles. The largest absolute Gasteiger partial charge is 0.491 e. The number of nitrogens with zero attached hydrogens (tertiary/aromatic N) is 2. The number of halogens is 1. The van der Waals surface area contributed by atoms with E-state index in [1.165, 1.54) is 24.3 Å². The van der Waals surface area contributed by atoms with Gasteiger partial charge in [-0.15, -0.1) is 10.2 Å². The molecule has 0 saturated heterocycles. The van der Waals surface area contributed by atoms with Gasteiger partial charge in [-0.3, -0.25) is 4.79 Å². The number of hydrogen-bond donors (Lipinski definition) is 2. The summed E-state index contributed by atoms with van der Waals surface area (Å²) in [4.78, 5) is 12.1. The molecule has 7 heteroatoms. The monoisotopic (exact) mass is 366 g/mol. The Hall–Kier alpha value is -3.48. The SMILES string of the molecule is CC(C)Oc1ccc(Nc2ccc(NC(=O)c3ccc(F)cc3)nn2)cc1. The third-order valence-corrected chi connectivity index (χ3v) is 3.51. The minimum absolute atomic E-state index is 0.118. The van der Waals surface area contributed by atoms with Gasteiger partial charge >= 0.3 is 0 Å². The van der Waals surface area contributed by atoms with Crippen LogP contribution in [0.15, 0.2) is 60.7 Å². The number of carbonyl (C=O) groups excluding carboxylic acids is 1. The molecule has 0 fully saturated rings. The first-order valence-electron chi connectivity index (χ1n) is 8.44. The van der Waals surface area contributed by atoms with Crippen molar-refractivity contribution in [3.05, 3.63) is 72.0 Å². The van der Waals surface area contributed by atoms with Gasteiger partial charge in [0.05, 0.1) is 6.10 Å². The zero-order chi connectivity index (χ0) is 19.2. The molecule has 1 heterocycles. The fourth-order valence-corrected chi connectivity index (χ4v) is 2.29. The fourth-order valence-electron chi connectivity index (χ4n) is 2.29. The molecular weight excluding hydrogens is 347 g/mol. The third-order valence-electron chi connectivity index (χ3n) is 3.51. The molecule has 0 aliphatic heterocycles. The topological polar surface area (TPSA) is 76.1 Å². The number of rotatable bonds is 6. The average molecular weight is 366 g/mol. The molecule has 2 N–H and O–H groups in total. The maximum Gasteiger partial charge on any atom is 0.256 e. The standard InChI is InChI=1S/C20H19FN4O2/c1-13(2)27-17-9-7-16(8-10-17)22-18-11-12-19(25-24-18)23-20(26)14-3-5-15(21)6-4-14/h3-13H,1-2H3,(H,22,24)(H,23,25,26). The van der Waals surface area contributed by atoms with E-state index < -0.39 is 5.82 Å². The number of carbonyl (C=O) groups is 1. The van der Waals surface area contributed by atoms with Crippen molar-refractivity contribution >= 4 is 23.2 Å². The van der Waals surface area contributed by atoms with Gasteiger partial charge in [0.2, 0.25) is 0 Å². The Labute approximate surface area is 156 Å². The van der Waals surface area contributed by atoms with Crippen molar-refractivity contribution < 1.29 is 13.9 Å². The molecule has 0 bridgehead atoms. The van der Waals surface area contributed by atoms with Crippen LogP contribution in [-0.2, 0) is 0 Å². The van der Waals surface area contributed by atoms with E-state index in [1.807, 2.05) is 38.1 Å². The number of anilines is 3. The molecule has 0 saturated carbocycles. The maximum absolute atomic E-state index is 12.9.